The van der Waals surface area contributed by atoms with Crippen LogP contribution in [0.4, 0.5) is 5.69 Å². The maximum absolute atomic E-state index is 6.02. The lowest BCUT2D eigenvalue weighted by atomic mass is 10.2. The molecule has 0 radical (unpaired) electrons. The van der Waals surface area contributed by atoms with E-state index in [0.29, 0.717) is 24.9 Å². The molecule has 4 rings (SSSR count). The van der Waals surface area contributed by atoms with Gasteiger partial charge in [0, 0.05) is 12.0 Å². The number of hydrogen-bond donors (Lipinski definition) is 1. The molecule has 6 nitrogen and oxygen atoms in total. The average molecular weight is 337 g/mol. The molecule has 1 aliphatic heterocycles. The van der Waals surface area contributed by atoms with Crippen LogP contribution in [0.1, 0.15) is 12.2 Å². The molecule has 1 unspecified atom stereocenters. The van der Waals surface area contributed by atoms with Crippen molar-refractivity contribution in [2.24, 2.45) is 0 Å². The molecular weight excluding hydrogens is 318 g/mol. The predicted octanol–water partition coefficient (Wildman–Crippen LogP) is 3.52. The summed E-state index contributed by atoms with van der Waals surface area (Å²) in [6.07, 6.45) is 1.03. The molecule has 2 heterocycles. The third-order valence-corrected chi connectivity index (χ3v) is 3.99. The van der Waals surface area contributed by atoms with E-state index in [2.05, 4.69) is 15.5 Å². The molecule has 1 aromatic heterocycles. The first-order valence-electron chi connectivity index (χ1n) is 8.34. The van der Waals surface area contributed by atoms with Gasteiger partial charge < -0.3 is 19.3 Å². The molecule has 0 aliphatic carbocycles. The molecule has 6 heteroatoms. The van der Waals surface area contributed by atoms with Gasteiger partial charge in [-0.05, 0) is 24.3 Å². The van der Waals surface area contributed by atoms with Gasteiger partial charge in [0.05, 0.1) is 25.4 Å². The Hall–Kier alpha value is -2.86. The minimum atomic E-state index is 0.109. The Labute approximate surface area is 145 Å². The largest absolute Gasteiger partial charge is 0.486 e. The normalized spacial score (nSPS) is 16.7. The molecule has 0 amide bonds. The van der Waals surface area contributed by atoms with E-state index in [1.54, 1.807) is 0 Å². The van der Waals surface area contributed by atoms with Crippen LogP contribution in [-0.2, 0) is 11.3 Å². The van der Waals surface area contributed by atoms with Crippen molar-refractivity contribution in [3.05, 3.63) is 60.4 Å². The lowest BCUT2D eigenvalue weighted by Crippen LogP contribution is -2.16. The number of aromatic nitrogens is 2. The fourth-order valence-corrected chi connectivity index (χ4v) is 2.70. The van der Waals surface area contributed by atoms with Crippen molar-refractivity contribution in [2.45, 2.75) is 19.1 Å². The number of rotatable bonds is 6. The smallest absolute Gasteiger partial charge is 0.257 e. The van der Waals surface area contributed by atoms with Crippen molar-refractivity contribution in [2.75, 3.05) is 18.5 Å². The standard InChI is InChI=1S/C19H19N3O3/c1-2-6-14(7-3-1)19-21-18(22-25-19)12-20-16-8-4-5-9-17(16)24-15-10-11-23-13-15/h1-9,15,20H,10-13H2. The van der Waals surface area contributed by atoms with Gasteiger partial charge in [0.15, 0.2) is 5.82 Å². The van der Waals surface area contributed by atoms with Gasteiger partial charge in [-0.2, -0.15) is 4.98 Å². The zero-order chi connectivity index (χ0) is 16.9. The van der Waals surface area contributed by atoms with Gasteiger partial charge in [0.25, 0.3) is 5.89 Å². The van der Waals surface area contributed by atoms with Crippen LogP contribution in [0.5, 0.6) is 5.75 Å². The summed E-state index contributed by atoms with van der Waals surface area (Å²) in [6.45, 7) is 1.85. The SMILES string of the molecule is c1ccc(-c2nc(CNc3ccccc3OC3CCOC3)no2)cc1. The number of para-hydroxylation sites is 2. The second-order valence-electron chi connectivity index (χ2n) is 5.83. The highest BCUT2D eigenvalue weighted by atomic mass is 16.5. The van der Waals surface area contributed by atoms with Crippen LogP contribution in [0.3, 0.4) is 0 Å². The molecule has 1 fully saturated rings. The molecule has 0 spiro atoms. The van der Waals surface area contributed by atoms with Gasteiger partial charge >= 0.3 is 0 Å². The molecule has 0 bridgehead atoms. The highest BCUT2D eigenvalue weighted by molar-refractivity contribution is 5.56. The van der Waals surface area contributed by atoms with Crippen LogP contribution >= 0.6 is 0 Å². The fourth-order valence-electron chi connectivity index (χ4n) is 2.70. The van der Waals surface area contributed by atoms with Gasteiger partial charge in [-0.25, -0.2) is 0 Å². The molecule has 3 aromatic rings. The minimum Gasteiger partial charge on any atom is -0.486 e. The molecule has 128 valence electrons. The van der Waals surface area contributed by atoms with Crippen molar-refractivity contribution in [3.63, 3.8) is 0 Å². The van der Waals surface area contributed by atoms with E-state index in [4.69, 9.17) is 14.0 Å². The van der Waals surface area contributed by atoms with Crippen LogP contribution in [0, 0.1) is 0 Å². The molecule has 1 N–H and O–H groups in total. The highest BCUT2D eigenvalue weighted by Gasteiger charge is 2.18. The summed E-state index contributed by atoms with van der Waals surface area (Å²) in [7, 11) is 0. The van der Waals surface area contributed by atoms with Crippen molar-refractivity contribution >= 4 is 5.69 Å². The maximum Gasteiger partial charge on any atom is 0.257 e. The van der Waals surface area contributed by atoms with Gasteiger partial charge in [-0.1, -0.05) is 35.5 Å². The topological polar surface area (TPSA) is 69.4 Å². The van der Waals surface area contributed by atoms with E-state index in [1.807, 2.05) is 54.6 Å². The number of nitrogens with zero attached hydrogens (tertiary/aromatic N) is 2. The Morgan fingerprint density at radius 1 is 1.08 bits per heavy atom. The summed E-state index contributed by atoms with van der Waals surface area (Å²) in [5.74, 6) is 1.92. The second kappa shape index (κ2) is 7.36. The van der Waals surface area contributed by atoms with Gasteiger partial charge in [0.2, 0.25) is 0 Å². The van der Waals surface area contributed by atoms with Gasteiger partial charge in [-0.15, -0.1) is 0 Å². The van der Waals surface area contributed by atoms with Crippen molar-refractivity contribution < 1.29 is 14.0 Å². The number of hydrogen-bond acceptors (Lipinski definition) is 6. The summed E-state index contributed by atoms with van der Waals surface area (Å²) in [4.78, 5) is 4.43. The molecule has 2 aromatic carbocycles. The molecular formula is C19H19N3O3. The molecule has 1 saturated heterocycles. The Kier molecular flexibility index (Phi) is 4.61. The van der Waals surface area contributed by atoms with Crippen LogP contribution in [0.15, 0.2) is 59.1 Å². The number of ether oxygens (including phenoxy) is 2. The van der Waals surface area contributed by atoms with Crippen LogP contribution in [-0.4, -0.2) is 29.5 Å². The van der Waals surface area contributed by atoms with Crippen molar-refractivity contribution in [1.29, 1.82) is 0 Å². The molecule has 1 atom stereocenters. The quantitative estimate of drug-likeness (QED) is 0.742. The monoisotopic (exact) mass is 337 g/mol. The zero-order valence-corrected chi connectivity index (χ0v) is 13.7. The van der Waals surface area contributed by atoms with E-state index in [-0.39, 0.29) is 6.10 Å². The van der Waals surface area contributed by atoms with E-state index >= 15 is 0 Å². The first-order chi connectivity index (χ1) is 12.4. The van der Waals surface area contributed by atoms with Crippen LogP contribution < -0.4 is 10.1 Å². The Morgan fingerprint density at radius 3 is 2.76 bits per heavy atom. The summed E-state index contributed by atoms with van der Waals surface area (Å²) in [5.41, 5.74) is 1.81. The summed E-state index contributed by atoms with van der Waals surface area (Å²) >= 11 is 0. The molecule has 1 aliphatic rings. The Morgan fingerprint density at radius 2 is 1.92 bits per heavy atom. The Bertz CT molecular complexity index is 814. The first-order valence-corrected chi connectivity index (χ1v) is 8.34. The van der Waals surface area contributed by atoms with E-state index in [9.17, 15) is 0 Å². The average Bonchev–Trinajstić information content (AvgIpc) is 3.34. The first kappa shape index (κ1) is 15.7. The third-order valence-electron chi connectivity index (χ3n) is 3.99. The Balaban J connectivity index is 1.42. The van der Waals surface area contributed by atoms with E-state index in [0.717, 1.165) is 30.0 Å². The second-order valence-corrected chi connectivity index (χ2v) is 5.83. The lowest BCUT2D eigenvalue weighted by Gasteiger charge is -2.15. The number of benzene rings is 2. The maximum atomic E-state index is 6.02. The highest BCUT2D eigenvalue weighted by Crippen LogP contribution is 2.27. The van der Waals surface area contributed by atoms with Gasteiger partial charge in [0.1, 0.15) is 11.9 Å². The van der Waals surface area contributed by atoms with Crippen molar-refractivity contribution in [3.8, 4) is 17.2 Å². The zero-order valence-electron chi connectivity index (χ0n) is 13.7. The fraction of sp³-hybridized carbons (Fsp3) is 0.263. The molecule has 25 heavy (non-hydrogen) atoms. The van der Waals surface area contributed by atoms with E-state index < -0.39 is 0 Å². The van der Waals surface area contributed by atoms with Crippen LogP contribution in [0.2, 0.25) is 0 Å². The third kappa shape index (κ3) is 3.80. The summed E-state index contributed by atoms with van der Waals surface area (Å²) < 4.78 is 16.7. The summed E-state index contributed by atoms with van der Waals surface area (Å²) in [6, 6.07) is 17.6. The predicted molar refractivity (Wildman–Crippen MR) is 93.4 cm³/mol. The summed E-state index contributed by atoms with van der Waals surface area (Å²) in [5, 5.41) is 7.35. The van der Waals surface area contributed by atoms with E-state index in [1.165, 1.54) is 0 Å². The molecule has 0 saturated carbocycles. The van der Waals surface area contributed by atoms with Crippen LogP contribution in [0.25, 0.3) is 11.5 Å². The lowest BCUT2D eigenvalue weighted by molar-refractivity contribution is 0.142. The number of anilines is 1. The minimum absolute atomic E-state index is 0.109. The number of nitrogens with one attached hydrogen (secondary N) is 1. The van der Waals surface area contributed by atoms with Crippen molar-refractivity contribution in [1.82, 2.24) is 10.1 Å². The van der Waals surface area contributed by atoms with Gasteiger partial charge in [-0.3, -0.25) is 0 Å².